The second-order valence-corrected chi connectivity index (χ2v) is 5.14. The van der Waals surface area contributed by atoms with Crippen LogP contribution in [-0.4, -0.2) is 31.0 Å². The van der Waals surface area contributed by atoms with Crippen LogP contribution in [0.2, 0.25) is 5.02 Å². The summed E-state index contributed by atoms with van der Waals surface area (Å²) >= 11 is 6.10. The van der Waals surface area contributed by atoms with Crippen molar-refractivity contribution in [1.82, 2.24) is 15.8 Å². The zero-order valence-corrected chi connectivity index (χ0v) is 14.3. The predicted octanol–water partition coefficient (Wildman–Crippen LogP) is 2.23. The number of carbonyl (C=O) groups excluding carboxylic acids is 2. The summed E-state index contributed by atoms with van der Waals surface area (Å²) in [7, 11) is 2.97. The van der Waals surface area contributed by atoms with Gasteiger partial charge in [-0.25, -0.2) is 0 Å². The van der Waals surface area contributed by atoms with Crippen molar-refractivity contribution in [2.24, 2.45) is 0 Å². The minimum atomic E-state index is -0.518. The van der Waals surface area contributed by atoms with Crippen molar-refractivity contribution >= 4 is 29.5 Å². The summed E-state index contributed by atoms with van der Waals surface area (Å²) in [5, 5.41) is 0.352. The molecule has 0 spiro atoms. The van der Waals surface area contributed by atoms with Crippen LogP contribution in [-0.2, 0) is 4.79 Å². The molecule has 1 heterocycles. The third kappa shape index (κ3) is 4.95. The molecule has 2 rings (SSSR count). The largest absolute Gasteiger partial charge is 0.493 e. The molecule has 0 aliphatic carbocycles. The number of hydrazine groups is 1. The van der Waals surface area contributed by atoms with Crippen molar-refractivity contribution in [3.63, 3.8) is 0 Å². The van der Waals surface area contributed by atoms with Crippen LogP contribution in [0.25, 0.3) is 6.08 Å². The van der Waals surface area contributed by atoms with Gasteiger partial charge in [0.15, 0.2) is 11.5 Å². The van der Waals surface area contributed by atoms with Crippen molar-refractivity contribution in [2.75, 3.05) is 14.2 Å². The third-order valence-electron chi connectivity index (χ3n) is 3.08. The molecule has 8 heteroatoms. The van der Waals surface area contributed by atoms with E-state index in [-0.39, 0.29) is 5.69 Å². The summed E-state index contributed by atoms with van der Waals surface area (Å²) in [5.41, 5.74) is 5.35. The lowest BCUT2D eigenvalue weighted by molar-refractivity contribution is -0.117. The molecular formula is C17H16ClN3O4. The zero-order valence-electron chi connectivity index (χ0n) is 13.6. The molecule has 130 valence electrons. The number of halogens is 1. The first kappa shape index (κ1) is 18.3. The van der Waals surface area contributed by atoms with Crippen molar-refractivity contribution < 1.29 is 19.1 Å². The molecule has 1 aromatic carbocycles. The number of aromatic nitrogens is 1. The van der Waals surface area contributed by atoms with Gasteiger partial charge in [-0.1, -0.05) is 17.7 Å². The maximum Gasteiger partial charge on any atom is 0.288 e. The van der Waals surface area contributed by atoms with Gasteiger partial charge in [0.1, 0.15) is 5.69 Å². The molecule has 1 aromatic heterocycles. The Morgan fingerprint density at radius 1 is 1.16 bits per heavy atom. The Morgan fingerprint density at radius 2 is 1.96 bits per heavy atom. The molecule has 2 aromatic rings. The standard InChI is InChI=1S/C17H16ClN3O4/c1-24-14-10-11(9-12(18)16(14)25-2)6-7-15(22)20-21-17(23)13-5-3-4-8-19-13/h3-10H,1-2H3,(H,20,22)(H,21,23)/b7-6+. The van der Waals surface area contributed by atoms with Gasteiger partial charge in [-0.15, -0.1) is 0 Å². The van der Waals surface area contributed by atoms with Gasteiger partial charge >= 0.3 is 0 Å². The van der Waals surface area contributed by atoms with E-state index >= 15 is 0 Å². The molecular weight excluding hydrogens is 346 g/mol. The topological polar surface area (TPSA) is 89.6 Å². The lowest BCUT2D eigenvalue weighted by atomic mass is 10.2. The van der Waals surface area contributed by atoms with Gasteiger partial charge in [-0.3, -0.25) is 25.4 Å². The number of methoxy groups -OCH3 is 2. The number of benzene rings is 1. The number of nitrogens with one attached hydrogen (secondary N) is 2. The number of nitrogens with zero attached hydrogens (tertiary/aromatic N) is 1. The smallest absolute Gasteiger partial charge is 0.288 e. The second-order valence-electron chi connectivity index (χ2n) is 4.73. The van der Waals surface area contributed by atoms with Gasteiger partial charge in [-0.05, 0) is 35.9 Å². The van der Waals surface area contributed by atoms with E-state index in [1.807, 2.05) is 0 Å². The van der Waals surface area contributed by atoms with Crippen LogP contribution in [0.5, 0.6) is 11.5 Å². The maximum atomic E-state index is 11.8. The van der Waals surface area contributed by atoms with E-state index in [9.17, 15) is 9.59 Å². The van der Waals surface area contributed by atoms with Crippen LogP contribution < -0.4 is 20.3 Å². The van der Waals surface area contributed by atoms with Crippen LogP contribution in [0.3, 0.4) is 0 Å². The monoisotopic (exact) mass is 361 g/mol. The quantitative estimate of drug-likeness (QED) is 0.629. The molecule has 0 atom stereocenters. The fourth-order valence-electron chi connectivity index (χ4n) is 1.93. The van der Waals surface area contributed by atoms with Crippen LogP contribution in [0.15, 0.2) is 42.6 Å². The van der Waals surface area contributed by atoms with Gasteiger partial charge in [-0.2, -0.15) is 0 Å². The molecule has 0 fully saturated rings. The Labute approximate surface area is 149 Å². The van der Waals surface area contributed by atoms with E-state index < -0.39 is 11.8 Å². The summed E-state index contributed by atoms with van der Waals surface area (Å²) in [4.78, 5) is 27.4. The molecule has 0 aliphatic heterocycles. The highest BCUT2D eigenvalue weighted by atomic mass is 35.5. The fourth-order valence-corrected chi connectivity index (χ4v) is 2.22. The van der Waals surface area contributed by atoms with Gasteiger partial charge < -0.3 is 9.47 Å². The minimum Gasteiger partial charge on any atom is -0.493 e. The number of rotatable bonds is 5. The molecule has 0 saturated carbocycles. The molecule has 2 amide bonds. The lowest BCUT2D eigenvalue weighted by Crippen LogP contribution is -2.41. The molecule has 0 bridgehead atoms. The lowest BCUT2D eigenvalue weighted by Gasteiger charge is -2.10. The average molecular weight is 362 g/mol. The number of hydrogen-bond acceptors (Lipinski definition) is 5. The van der Waals surface area contributed by atoms with Crippen LogP contribution >= 0.6 is 11.6 Å². The summed E-state index contributed by atoms with van der Waals surface area (Å²) in [6.07, 6.45) is 4.25. The molecule has 0 radical (unpaired) electrons. The second kappa shape index (κ2) is 8.70. The molecule has 25 heavy (non-hydrogen) atoms. The van der Waals surface area contributed by atoms with Crippen molar-refractivity contribution in [1.29, 1.82) is 0 Å². The fraction of sp³-hybridized carbons (Fsp3) is 0.118. The number of pyridine rings is 1. The highest BCUT2D eigenvalue weighted by molar-refractivity contribution is 6.32. The zero-order chi connectivity index (χ0) is 18.2. The summed E-state index contributed by atoms with van der Waals surface area (Å²) < 4.78 is 10.3. The van der Waals surface area contributed by atoms with Gasteiger partial charge in [0.05, 0.1) is 19.2 Å². The molecule has 0 aliphatic rings. The van der Waals surface area contributed by atoms with Crippen LogP contribution in [0.4, 0.5) is 0 Å². The Balaban J connectivity index is 1.98. The normalized spacial score (nSPS) is 10.4. The maximum absolute atomic E-state index is 11.8. The van der Waals surface area contributed by atoms with Crippen molar-refractivity contribution in [3.8, 4) is 11.5 Å². The molecule has 0 saturated heterocycles. The van der Waals surface area contributed by atoms with Crippen LogP contribution in [0, 0.1) is 0 Å². The molecule has 7 nitrogen and oxygen atoms in total. The Bertz CT molecular complexity index is 794. The first-order valence-corrected chi connectivity index (χ1v) is 7.54. The number of amides is 2. The van der Waals surface area contributed by atoms with E-state index in [0.29, 0.717) is 22.1 Å². The molecule has 0 unspecified atom stereocenters. The highest BCUT2D eigenvalue weighted by Gasteiger charge is 2.10. The number of hydrogen-bond donors (Lipinski definition) is 2. The van der Waals surface area contributed by atoms with Gasteiger partial charge in [0, 0.05) is 12.3 Å². The predicted molar refractivity (Wildman–Crippen MR) is 93.4 cm³/mol. The van der Waals surface area contributed by atoms with E-state index in [1.165, 1.54) is 38.6 Å². The van der Waals surface area contributed by atoms with Gasteiger partial charge in [0.2, 0.25) is 0 Å². The van der Waals surface area contributed by atoms with E-state index in [4.69, 9.17) is 21.1 Å². The van der Waals surface area contributed by atoms with E-state index in [1.54, 1.807) is 24.3 Å². The summed E-state index contributed by atoms with van der Waals surface area (Å²) in [6.45, 7) is 0. The SMILES string of the molecule is COc1cc(/C=C/C(=O)NNC(=O)c2ccccn2)cc(Cl)c1OC. The Morgan fingerprint density at radius 3 is 2.60 bits per heavy atom. The average Bonchev–Trinajstić information content (AvgIpc) is 2.64. The van der Waals surface area contributed by atoms with E-state index in [2.05, 4.69) is 15.8 Å². The minimum absolute atomic E-state index is 0.193. The van der Waals surface area contributed by atoms with Crippen molar-refractivity contribution in [2.45, 2.75) is 0 Å². The van der Waals surface area contributed by atoms with Crippen molar-refractivity contribution in [3.05, 3.63) is 58.9 Å². The Kier molecular flexibility index (Phi) is 6.36. The first-order valence-electron chi connectivity index (χ1n) is 7.16. The van der Waals surface area contributed by atoms with Crippen LogP contribution in [0.1, 0.15) is 16.1 Å². The Hall–Kier alpha value is -3.06. The van der Waals surface area contributed by atoms with E-state index in [0.717, 1.165) is 0 Å². The first-order chi connectivity index (χ1) is 12.0. The number of ether oxygens (including phenoxy) is 2. The molecule has 2 N–H and O–H groups in total. The summed E-state index contributed by atoms with van der Waals surface area (Å²) in [6, 6.07) is 8.18. The van der Waals surface area contributed by atoms with Gasteiger partial charge in [0.25, 0.3) is 11.8 Å². The summed E-state index contributed by atoms with van der Waals surface area (Å²) in [5.74, 6) is -0.182. The third-order valence-corrected chi connectivity index (χ3v) is 3.36. The highest BCUT2D eigenvalue weighted by Crippen LogP contribution is 2.36. The number of carbonyl (C=O) groups is 2.